The molecule has 23 heavy (non-hydrogen) atoms. The number of para-hydroxylation sites is 1. The van der Waals surface area contributed by atoms with Gasteiger partial charge in [-0.3, -0.25) is 4.90 Å². The molecule has 1 heterocycles. The molecule has 0 bridgehead atoms. The molecule has 0 unspecified atom stereocenters. The molecule has 0 spiro atoms. The third kappa shape index (κ3) is 4.46. The van der Waals surface area contributed by atoms with Crippen molar-refractivity contribution in [3.8, 4) is 0 Å². The van der Waals surface area contributed by atoms with E-state index < -0.39 is 10.0 Å². The van der Waals surface area contributed by atoms with Gasteiger partial charge in [-0.1, -0.05) is 18.2 Å². The monoisotopic (exact) mass is 339 g/mol. The van der Waals surface area contributed by atoms with Crippen LogP contribution in [0.2, 0.25) is 0 Å². The number of piperidine rings is 1. The lowest BCUT2D eigenvalue weighted by molar-refractivity contribution is 0.164. The van der Waals surface area contributed by atoms with Crippen LogP contribution in [0.25, 0.3) is 0 Å². The molecule has 2 rings (SSSR count). The van der Waals surface area contributed by atoms with Crippen LogP contribution in [-0.2, 0) is 16.6 Å². The lowest BCUT2D eigenvalue weighted by Gasteiger charge is -2.36. The van der Waals surface area contributed by atoms with Crippen LogP contribution in [-0.4, -0.2) is 63.7 Å². The summed E-state index contributed by atoms with van der Waals surface area (Å²) in [5.74, 6) is 0.180. The summed E-state index contributed by atoms with van der Waals surface area (Å²) in [5.41, 5.74) is 2.57. The zero-order valence-corrected chi connectivity index (χ0v) is 15.5. The third-order valence-electron chi connectivity index (χ3n) is 4.74. The van der Waals surface area contributed by atoms with Crippen molar-refractivity contribution in [2.24, 2.45) is 0 Å². The molecule has 1 aliphatic heterocycles. The van der Waals surface area contributed by atoms with Crippen LogP contribution in [0.4, 0.5) is 5.69 Å². The van der Waals surface area contributed by atoms with Crippen LogP contribution in [0.15, 0.2) is 24.3 Å². The average Bonchev–Trinajstić information content (AvgIpc) is 2.55. The zero-order chi connectivity index (χ0) is 17.0. The highest BCUT2D eigenvalue weighted by atomic mass is 32.2. The van der Waals surface area contributed by atoms with Crippen molar-refractivity contribution in [3.05, 3.63) is 29.8 Å². The van der Waals surface area contributed by atoms with E-state index in [4.69, 9.17) is 0 Å². The standard InChI is InChI=1S/C17H29N3O2S/c1-5-23(21,22)19(4)16-10-12-20(13-11-16)14-15-8-6-7-9-17(15)18(2)3/h6-9,16H,5,10-14H2,1-4H3. The van der Waals surface area contributed by atoms with Gasteiger partial charge in [0.25, 0.3) is 0 Å². The molecule has 1 aromatic carbocycles. The minimum absolute atomic E-state index is 0.139. The van der Waals surface area contributed by atoms with Gasteiger partial charge in [-0.25, -0.2) is 12.7 Å². The first-order valence-electron chi connectivity index (χ1n) is 8.28. The molecule has 1 fully saturated rings. The van der Waals surface area contributed by atoms with Gasteiger partial charge in [0.15, 0.2) is 0 Å². The first-order valence-corrected chi connectivity index (χ1v) is 9.89. The van der Waals surface area contributed by atoms with E-state index in [9.17, 15) is 8.42 Å². The van der Waals surface area contributed by atoms with Crippen LogP contribution < -0.4 is 4.90 Å². The Labute approximate surface area is 140 Å². The van der Waals surface area contributed by atoms with Gasteiger partial charge in [-0.15, -0.1) is 0 Å². The third-order valence-corrected chi connectivity index (χ3v) is 6.65. The molecule has 1 aromatic rings. The number of hydrogen-bond donors (Lipinski definition) is 0. The maximum Gasteiger partial charge on any atom is 0.213 e. The highest BCUT2D eigenvalue weighted by Gasteiger charge is 2.28. The predicted molar refractivity (Wildman–Crippen MR) is 96.3 cm³/mol. The molecule has 0 N–H and O–H groups in total. The summed E-state index contributed by atoms with van der Waals surface area (Å²) in [6.07, 6.45) is 1.81. The van der Waals surface area contributed by atoms with Gasteiger partial charge in [0.2, 0.25) is 10.0 Å². The van der Waals surface area contributed by atoms with E-state index in [2.05, 4.69) is 48.2 Å². The van der Waals surface area contributed by atoms with Gasteiger partial charge in [0.1, 0.15) is 0 Å². The average molecular weight is 340 g/mol. The van der Waals surface area contributed by atoms with E-state index in [0.717, 1.165) is 32.5 Å². The highest BCUT2D eigenvalue weighted by Crippen LogP contribution is 2.23. The first kappa shape index (κ1) is 18.2. The van der Waals surface area contributed by atoms with Crippen molar-refractivity contribution in [2.45, 2.75) is 32.4 Å². The van der Waals surface area contributed by atoms with Crippen LogP contribution in [0.3, 0.4) is 0 Å². The van der Waals surface area contributed by atoms with Gasteiger partial charge in [-0.05, 0) is 31.4 Å². The number of likely N-dealkylation sites (tertiary alicyclic amines) is 1. The van der Waals surface area contributed by atoms with E-state index >= 15 is 0 Å². The van der Waals surface area contributed by atoms with Gasteiger partial charge in [0, 0.05) is 52.5 Å². The molecule has 6 heteroatoms. The van der Waals surface area contributed by atoms with Crippen LogP contribution >= 0.6 is 0 Å². The summed E-state index contributed by atoms with van der Waals surface area (Å²) < 4.78 is 25.6. The lowest BCUT2D eigenvalue weighted by Crippen LogP contribution is -2.45. The maximum atomic E-state index is 12.0. The molecule has 0 atom stereocenters. The minimum atomic E-state index is -3.08. The summed E-state index contributed by atoms with van der Waals surface area (Å²) in [6.45, 7) is 4.51. The molecule has 1 aliphatic rings. The Morgan fingerprint density at radius 3 is 2.30 bits per heavy atom. The Balaban J connectivity index is 1.96. The van der Waals surface area contributed by atoms with Gasteiger partial charge < -0.3 is 4.90 Å². The zero-order valence-electron chi connectivity index (χ0n) is 14.7. The highest BCUT2D eigenvalue weighted by molar-refractivity contribution is 7.89. The summed E-state index contributed by atoms with van der Waals surface area (Å²) in [6, 6.07) is 8.60. The maximum absolute atomic E-state index is 12.0. The second kappa shape index (κ2) is 7.64. The summed E-state index contributed by atoms with van der Waals surface area (Å²) in [7, 11) is 2.77. The number of sulfonamides is 1. The molecule has 0 aliphatic carbocycles. The quantitative estimate of drug-likeness (QED) is 0.795. The van der Waals surface area contributed by atoms with Crippen molar-refractivity contribution < 1.29 is 8.42 Å². The fourth-order valence-electron chi connectivity index (χ4n) is 3.19. The normalized spacial score (nSPS) is 17.6. The number of nitrogens with zero attached hydrogens (tertiary/aromatic N) is 3. The minimum Gasteiger partial charge on any atom is -0.377 e. The largest absolute Gasteiger partial charge is 0.377 e. The Morgan fingerprint density at radius 2 is 1.74 bits per heavy atom. The van der Waals surface area contributed by atoms with Crippen LogP contribution in [0, 0.1) is 0 Å². The lowest BCUT2D eigenvalue weighted by atomic mass is 10.0. The molecule has 0 radical (unpaired) electrons. The van der Waals surface area contributed by atoms with Gasteiger partial charge >= 0.3 is 0 Å². The number of hydrogen-bond acceptors (Lipinski definition) is 4. The SMILES string of the molecule is CCS(=O)(=O)N(C)C1CCN(Cc2ccccc2N(C)C)CC1. The fourth-order valence-corrected chi connectivity index (χ4v) is 4.27. The topological polar surface area (TPSA) is 43.9 Å². The molecule has 5 nitrogen and oxygen atoms in total. The molecule has 1 saturated heterocycles. The molecule has 130 valence electrons. The van der Waals surface area contributed by atoms with E-state index in [1.165, 1.54) is 11.3 Å². The van der Waals surface area contributed by atoms with Gasteiger partial charge in [0.05, 0.1) is 5.75 Å². The van der Waals surface area contributed by atoms with Crippen molar-refractivity contribution in [2.75, 3.05) is 44.9 Å². The summed E-state index contributed by atoms with van der Waals surface area (Å²) >= 11 is 0. The van der Waals surface area contributed by atoms with Crippen molar-refractivity contribution in [1.29, 1.82) is 0 Å². The second-order valence-corrected chi connectivity index (χ2v) is 8.76. The fraction of sp³-hybridized carbons (Fsp3) is 0.647. The van der Waals surface area contributed by atoms with E-state index in [0.29, 0.717) is 0 Å². The van der Waals surface area contributed by atoms with Crippen LogP contribution in [0.5, 0.6) is 0 Å². The molecular weight excluding hydrogens is 310 g/mol. The molecule has 0 saturated carbocycles. The Hall–Kier alpha value is -1.11. The first-order chi connectivity index (χ1) is 10.8. The summed E-state index contributed by atoms with van der Waals surface area (Å²) in [4.78, 5) is 4.56. The van der Waals surface area contributed by atoms with Gasteiger partial charge in [-0.2, -0.15) is 0 Å². The van der Waals surface area contributed by atoms with Crippen molar-refractivity contribution >= 4 is 15.7 Å². The predicted octanol–water partition coefficient (Wildman–Crippen LogP) is 2.00. The molecule has 0 amide bonds. The molecular formula is C17H29N3O2S. The Morgan fingerprint density at radius 1 is 1.13 bits per heavy atom. The van der Waals surface area contributed by atoms with Crippen molar-refractivity contribution in [1.82, 2.24) is 9.21 Å². The van der Waals surface area contributed by atoms with E-state index in [1.54, 1.807) is 18.3 Å². The number of rotatable bonds is 6. The Bertz CT molecular complexity index is 608. The van der Waals surface area contributed by atoms with E-state index in [1.807, 2.05) is 0 Å². The van der Waals surface area contributed by atoms with E-state index in [-0.39, 0.29) is 11.8 Å². The second-order valence-electron chi connectivity index (χ2n) is 6.45. The summed E-state index contributed by atoms with van der Waals surface area (Å²) in [5, 5.41) is 0. The number of benzene rings is 1. The van der Waals surface area contributed by atoms with Crippen LogP contribution in [0.1, 0.15) is 25.3 Å². The molecule has 0 aromatic heterocycles. The Kier molecular flexibility index (Phi) is 6.06. The number of anilines is 1. The van der Waals surface area contributed by atoms with Crippen molar-refractivity contribution in [3.63, 3.8) is 0 Å². The smallest absolute Gasteiger partial charge is 0.213 e.